The number of nitriles is 1. The molecule has 7 nitrogen and oxygen atoms in total. The monoisotopic (exact) mass is 1220 g/mol. The van der Waals surface area contributed by atoms with Crippen LogP contribution in [0.2, 0.25) is 0 Å². The quantitative estimate of drug-likeness (QED) is 0.140. The third kappa shape index (κ3) is 7.84. The van der Waals surface area contributed by atoms with Crippen LogP contribution in [0.1, 0.15) is 5.56 Å². The molecule has 436 valence electrons. The minimum atomic E-state index is -0.275. The Morgan fingerprint density at radius 2 is 0.936 bits per heavy atom. The van der Waals surface area contributed by atoms with Gasteiger partial charge in [0.25, 0.3) is 6.71 Å². The lowest BCUT2D eigenvalue weighted by Gasteiger charge is -2.42. The Balaban J connectivity index is 0.856. The highest BCUT2D eigenvalue weighted by atomic mass is 32.1. The second-order valence-electron chi connectivity index (χ2n) is 24.5. The van der Waals surface area contributed by atoms with E-state index < -0.39 is 0 Å². The maximum atomic E-state index is 10.0. The standard InChI is InChI=1S/C85H48BN3O4S/c87-49-50-30-34-57(35-31-50)88(56-20-8-3-9-21-56)58-36-39-66-68(48-58)89(84-59(51-16-4-1-5-17-51)24-14-25-60(84)52-18-6-2-7-19-52)69-44-55(53-32-37-64-78(47-53)94-77-43-42-73-80(82(64)77)63-23-11-13-29-71(63)91-73)46-76-83(69)86(66)67-38-33-54(45-75(67)92-76)61-26-15-27-65-81-74(93-85(61)65)41-40-72-79(81)62-22-10-12-28-70(62)90-72/h1-48H. The molecule has 14 aromatic carbocycles. The van der Waals surface area contributed by atoms with Crippen molar-refractivity contribution < 1.29 is 18.0 Å². The molecule has 4 aromatic heterocycles. The number of benzene rings is 14. The number of rotatable bonds is 8. The van der Waals surface area contributed by atoms with Crippen LogP contribution in [0.15, 0.2) is 304 Å². The minimum Gasteiger partial charge on any atom is -0.458 e. The Morgan fingerprint density at radius 3 is 1.66 bits per heavy atom. The summed E-state index contributed by atoms with van der Waals surface area (Å²) in [5.74, 6) is 1.55. The molecule has 9 heteroatoms. The van der Waals surface area contributed by atoms with Gasteiger partial charge in [0.05, 0.1) is 17.3 Å². The van der Waals surface area contributed by atoms with Crippen LogP contribution in [-0.2, 0) is 0 Å². The topological polar surface area (TPSA) is 78.9 Å². The Morgan fingerprint density at radius 1 is 0.362 bits per heavy atom. The number of hydrogen-bond donors (Lipinski definition) is 0. The van der Waals surface area contributed by atoms with Gasteiger partial charge in [-0.05, 0) is 153 Å². The molecular formula is C85H48BN3O4S. The molecule has 18 aromatic rings. The van der Waals surface area contributed by atoms with Crippen LogP contribution in [-0.4, -0.2) is 6.71 Å². The summed E-state index contributed by atoms with van der Waals surface area (Å²) in [5.41, 5.74) is 23.2. The molecule has 2 aliphatic rings. The summed E-state index contributed by atoms with van der Waals surface area (Å²) in [6, 6.07) is 106. The Labute approximate surface area is 543 Å². The largest absolute Gasteiger partial charge is 0.458 e. The van der Waals surface area contributed by atoms with Crippen LogP contribution in [0.25, 0.3) is 130 Å². The number of para-hydroxylation sites is 5. The third-order valence-corrected chi connectivity index (χ3v) is 20.5. The second-order valence-corrected chi connectivity index (χ2v) is 25.5. The van der Waals surface area contributed by atoms with E-state index >= 15 is 0 Å². The predicted molar refractivity (Wildman–Crippen MR) is 388 cm³/mol. The van der Waals surface area contributed by atoms with E-state index in [1.165, 1.54) is 20.2 Å². The first-order valence-electron chi connectivity index (χ1n) is 31.6. The molecule has 0 saturated carbocycles. The summed E-state index contributed by atoms with van der Waals surface area (Å²) in [6.45, 7) is -0.275. The maximum Gasteiger partial charge on any atom is 0.256 e. The number of nitrogens with zero attached hydrogens (tertiary/aromatic N) is 3. The summed E-state index contributed by atoms with van der Waals surface area (Å²) in [4.78, 5) is 4.83. The molecule has 0 N–H and O–H groups in total. The molecule has 0 saturated heterocycles. The van der Waals surface area contributed by atoms with Gasteiger partial charge in [-0.1, -0.05) is 182 Å². The van der Waals surface area contributed by atoms with Gasteiger partial charge in [0.2, 0.25) is 0 Å². The first-order chi connectivity index (χ1) is 46.5. The van der Waals surface area contributed by atoms with E-state index in [0.29, 0.717) is 5.56 Å². The molecule has 0 aliphatic carbocycles. The SMILES string of the molecule is N#Cc1ccc(N(c2ccccc2)c2ccc3c(c2)N(c2c(-c4ccccc4)cccc2-c2ccccc2)c2cc(-c4ccc5c(c4)sc4ccc6oc7ccccc7c6c45)cc4c2B3c2ccc(-c3cccc5c3oc3ccc6oc7ccccc7c6c35)cc2O4)cc1. The van der Waals surface area contributed by atoms with Gasteiger partial charge in [-0.25, -0.2) is 0 Å². The third-order valence-electron chi connectivity index (χ3n) is 19.3. The van der Waals surface area contributed by atoms with Gasteiger partial charge in [-0.2, -0.15) is 5.26 Å². The first kappa shape index (κ1) is 52.4. The van der Waals surface area contributed by atoms with Crippen molar-refractivity contribution in [3.63, 3.8) is 0 Å². The lowest BCUT2D eigenvalue weighted by Crippen LogP contribution is -2.59. The molecule has 94 heavy (non-hydrogen) atoms. The molecule has 0 unspecified atom stereocenters. The molecule has 0 spiro atoms. The van der Waals surface area contributed by atoms with Crippen LogP contribution in [0.5, 0.6) is 11.5 Å². The van der Waals surface area contributed by atoms with Gasteiger partial charge >= 0.3 is 0 Å². The van der Waals surface area contributed by atoms with Crippen LogP contribution < -0.4 is 30.9 Å². The highest BCUT2D eigenvalue weighted by Gasteiger charge is 2.44. The van der Waals surface area contributed by atoms with Crippen molar-refractivity contribution in [2.24, 2.45) is 0 Å². The Bertz CT molecular complexity index is 6180. The van der Waals surface area contributed by atoms with E-state index in [4.69, 9.17) is 18.0 Å². The van der Waals surface area contributed by atoms with Crippen LogP contribution in [0, 0.1) is 11.3 Å². The van der Waals surface area contributed by atoms with Crippen molar-refractivity contribution >= 4 is 155 Å². The molecule has 2 aliphatic heterocycles. The van der Waals surface area contributed by atoms with Gasteiger partial charge in [0, 0.05) is 97.6 Å². The lowest BCUT2D eigenvalue weighted by molar-refractivity contribution is 0.488. The van der Waals surface area contributed by atoms with Crippen LogP contribution >= 0.6 is 11.3 Å². The van der Waals surface area contributed by atoms with Crippen molar-refractivity contribution in [1.82, 2.24) is 0 Å². The van der Waals surface area contributed by atoms with Crippen molar-refractivity contribution in [2.75, 3.05) is 9.80 Å². The molecule has 0 bridgehead atoms. The van der Waals surface area contributed by atoms with E-state index in [1.807, 2.05) is 65.9 Å². The highest BCUT2D eigenvalue weighted by molar-refractivity contribution is 7.26. The maximum absolute atomic E-state index is 10.0. The van der Waals surface area contributed by atoms with E-state index in [9.17, 15) is 5.26 Å². The van der Waals surface area contributed by atoms with Gasteiger partial charge < -0.3 is 27.8 Å². The summed E-state index contributed by atoms with van der Waals surface area (Å²) in [6.07, 6.45) is 0. The van der Waals surface area contributed by atoms with Crippen LogP contribution in [0.3, 0.4) is 0 Å². The second kappa shape index (κ2) is 20.3. The van der Waals surface area contributed by atoms with Crippen LogP contribution in [0.4, 0.5) is 34.1 Å². The van der Waals surface area contributed by atoms with Gasteiger partial charge in [-0.3, -0.25) is 0 Å². The van der Waals surface area contributed by atoms with Crippen molar-refractivity contribution in [1.29, 1.82) is 5.26 Å². The van der Waals surface area contributed by atoms with Gasteiger partial charge in [-0.15, -0.1) is 11.3 Å². The van der Waals surface area contributed by atoms with Crippen molar-refractivity contribution in [3.8, 4) is 62.1 Å². The lowest BCUT2D eigenvalue weighted by atomic mass is 9.34. The Hall–Kier alpha value is -12.3. The number of hydrogen-bond acceptors (Lipinski definition) is 8. The summed E-state index contributed by atoms with van der Waals surface area (Å²) < 4.78 is 29.9. The summed E-state index contributed by atoms with van der Waals surface area (Å²) >= 11 is 1.81. The molecule has 0 radical (unpaired) electrons. The average Bonchev–Trinajstić information content (AvgIpc) is 0.895. The molecular weight excluding hydrogens is 1170 g/mol. The zero-order chi connectivity index (χ0) is 61.7. The fourth-order valence-electron chi connectivity index (χ4n) is 15.2. The molecule has 0 amide bonds. The molecule has 6 heterocycles. The predicted octanol–water partition coefficient (Wildman–Crippen LogP) is 22.2. The number of furan rings is 3. The fraction of sp³-hybridized carbons (Fsp3) is 0. The summed E-state index contributed by atoms with van der Waals surface area (Å²) in [7, 11) is 0. The van der Waals surface area contributed by atoms with Gasteiger partial charge in [0.1, 0.15) is 45.0 Å². The first-order valence-corrected chi connectivity index (χ1v) is 32.4. The van der Waals surface area contributed by atoms with Crippen molar-refractivity contribution in [2.45, 2.75) is 0 Å². The minimum absolute atomic E-state index is 0.275. The Kier molecular flexibility index (Phi) is 11.3. The zero-order valence-electron chi connectivity index (χ0n) is 50.2. The number of fused-ring (bicyclic) bond motifs is 18. The van der Waals surface area contributed by atoms with E-state index in [-0.39, 0.29) is 6.71 Å². The zero-order valence-corrected chi connectivity index (χ0v) is 51.0. The average molecular weight is 1220 g/mol. The van der Waals surface area contributed by atoms with E-state index in [2.05, 4.69) is 252 Å². The number of anilines is 6. The van der Waals surface area contributed by atoms with E-state index in [1.54, 1.807) is 0 Å². The van der Waals surface area contributed by atoms with Crippen molar-refractivity contribution in [3.05, 3.63) is 297 Å². The van der Waals surface area contributed by atoms with Gasteiger partial charge in [0.15, 0.2) is 0 Å². The summed E-state index contributed by atoms with van der Waals surface area (Å²) in [5, 5.41) is 18.9. The smallest absolute Gasteiger partial charge is 0.256 e. The molecule has 20 rings (SSSR count). The molecule has 0 atom stereocenters. The molecule has 0 fully saturated rings. The normalized spacial score (nSPS) is 12.5. The number of ether oxygens (including phenoxy) is 1. The van der Waals surface area contributed by atoms with E-state index in [0.717, 1.165) is 172 Å². The highest BCUT2D eigenvalue weighted by Crippen LogP contribution is 2.53. The fourth-order valence-corrected chi connectivity index (χ4v) is 16.4. The number of thiophene rings is 1.